The molecule has 5 heteroatoms. The van der Waals surface area contributed by atoms with Crippen LogP contribution in [-0.2, 0) is 15.5 Å². The minimum absolute atomic E-state index is 0.0186. The lowest BCUT2D eigenvalue weighted by Crippen LogP contribution is -2.00. The smallest absolute Gasteiger partial charge is 0.335 e. The summed E-state index contributed by atoms with van der Waals surface area (Å²) in [7, 11) is -2.80. The Hall–Kier alpha value is -1.62. The second-order valence-electron chi connectivity index (χ2n) is 2.56. The van der Waals surface area contributed by atoms with Crippen LogP contribution in [0.3, 0.4) is 0 Å². The van der Waals surface area contributed by atoms with Gasteiger partial charge in [0, 0.05) is 5.56 Å². The maximum Gasteiger partial charge on any atom is 0.335 e. The van der Waals surface area contributed by atoms with Crippen LogP contribution in [-0.4, -0.2) is 19.5 Å². The standard InChI is InChI=1S/C9H8O4S/c1-6(9(10)11)7-4-2-3-5-8(7)14(12)13/h2-5,14H,1H2,(H,10,11). The van der Waals surface area contributed by atoms with Gasteiger partial charge in [0.15, 0.2) is 10.7 Å². The molecule has 0 aromatic heterocycles. The summed E-state index contributed by atoms with van der Waals surface area (Å²) >= 11 is 0. The number of thiol groups is 1. The van der Waals surface area contributed by atoms with E-state index in [2.05, 4.69) is 6.58 Å². The van der Waals surface area contributed by atoms with Crippen molar-refractivity contribution >= 4 is 22.2 Å². The van der Waals surface area contributed by atoms with Crippen LogP contribution in [0.5, 0.6) is 0 Å². The van der Waals surface area contributed by atoms with Crippen LogP contribution in [0, 0.1) is 0 Å². The summed E-state index contributed by atoms with van der Waals surface area (Å²) in [6, 6.07) is 5.84. The summed E-state index contributed by atoms with van der Waals surface area (Å²) in [5.74, 6) is -1.23. The van der Waals surface area contributed by atoms with Gasteiger partial charge in [-0.2, -0.15) is 0 Å². The van der Waals surface area contributed by atoms with Gasteiger partial charge in [0.1, 0.15) is 0 Å². The molecule has 0 spiro atoms. The zero-order valence-electron chi connectivity index (χ0n) is 7.14. The number of hydrogen-bond acceptors (Lipinski definition) is 3. The predicted molar refractivity (Wildman–Crippen MR) is 51.7 cm³/mol. The first-order chi connectivity index (χ1) is 6.54. The molecule has 0 heterocycles. The van der Waals surface area contributed by atoms with Crippen molar-refractivity contribution in [2.75, 3.05) is 0 Å². The van der Waals surface area contributed by atoms with Gasteiger partial charge in [-0.1, -0.05) is 24.8 Å². The largest absolute Gasteiger partial charge is 0.478 e. The average Bonchev–Trinajstić information content (AvgIpc) is 2.16. The van der Waals surface area contributed by atoms with Crippen LogP contribution >= 0.6 is 0 Å². The molecule has 0 fully saturated rings. The molecule has 0 aliphatic rings. The van der Waals surface area contributed by atoms with Crippen LogP contribution in [0.1, 0.15) is 5.56 Å². The molecule has 0 unspecified atom stereocenters. The zero-order chi connectivity index (χ0) is 10.7. The monoisotopic (exact) mass is 212 g/mol. The first kappa shape index (κ1) is 10.5. The lowest BCUT2D eigenvalue weighted by atomic mass is 10.1. The van der Waals surface area contributed by atoms with Gasteiger partial charge >= 0.3 is 5.97 Å². The lowest BCUT2D eigenvalue weighted by Gasteiger charge is -2.02. The van der Waals surface area contributed by atoms with Crippen LogP contribution in [0.2, 0.25) is 0 Å². The number of carbonyl (C=O) groups is 1. The number of carboxylic acid groups (broad SMARTS) is 1. The molecule has 14 heavy (non-hydrogen) atoms. The lowest BCUT2D eigenvalue weighted by molar-refractivity contribution is -0.130. The van der Waals surface area contributed by atoms with Crippen molar-refractivity contribution in [1.29, 1.82) is 0 Å². The SMILES string of the molecule is C=C(C(=O)O)c1ccccc1[SH](=O)=O. The van der Waals surface area contributed by atoms with Gasteiger partial charge in [-0.3, -0.25) is 0 Å². The highest BCUT2D eigenvalue weighted by molar-refractivity contribution is 7.72. The van der Waals surface area contributed by atoms with Crippen LogP contribution < -0.4 is 0 Å². The number of aliphatic carboxylic acids is 1. The maximum absolute atomic E-state index is 10.8. The molecule has 0 saturated heterocycles. The highest BCUT2D eigenvalue weighted by Crippen LogP contribution is 2.18. The van der Waals surface area contributed by atoms with Crippen molar-refractivity contribution in [2.24, 2.45) is 0 Å². The summed E-state index contributed by atoms with van der Waals surface area (Å²) in [4.78, 5) is 10.6. The van der Waals surface area contributed by atoms with Crippen molar-refractivity contribution in [3.63, 3.8) is 0 Å². The quantitative estimate of drug-likeness (QED) is 0.573. The highest BCUT2D eigenvalue weighted by atomic mass is 32.2. The molecular formula is C9H8O4S. The van der Waals surface area contributed by atoms with Crippen molar-refractivity contribution < 1.29 is 18.3 Å². The van der Waals surface area contributed by atoms with Gasteiger partial charge in [-0.15, -0.1) is 0 Å². The van der Waals surface area contributed by atoms with Crippen LogP contribution in [0.15, 0.2) is 35.7 Å². The summed E-state index contributed by atoms with van der Waals surface area (Å²) in [5, 5.41) is 8.65. The summed E-state index contributed by atoms with van der Waals surface area (Å²) in [6.07, 6.45) is 0. The topological polar surface area (TPSA) is 71.4 Å². The Bertz CT molecular complexity index is 452. The van der Waals surface area contributed by atoms with E-state index in [1.165, 1.54) is 18.2 Å². The fraction of sp³-hybridized carbons (Fsp3) is 0. The van der Waals surface area contributed by atoms with E-state index in [4.69, 9.17) is 5.11 Å². The van der Waals surface area contributed by atoms with E-state index in [1.807, 2.05) is 0 Å². The zero-order valence-corrected chi connectivity index (χ0v) is 8.03. The number of hydrogen-bond donors (Lipinski definition) is 2. The van der Waals surface area contributed by atoms with Gasteiger partial charge in [-0.25, -0.2) is 13.2 Å². The third-order valence-corrected chi connectivity index (χ3v) is 2.47. The van der Waals surface area contributed by atoms with Gasteiger partial charge < -0.3 is 5.11 Å². The van der Waals surface area contributed by atoms with E-state index >= 15 is 0 Å². The van der Waals surface area contributed by atoms with Crippen molar-refractivity contribution in [3.05, 3.63) is 36.4 Å². The molecule has 0 bridgehead atoms. The van der Waals surface area contributed by atoms with Crippen LogP contribution in [0.25, 0.3) is 5.57 Å². The van der Waals surface area contributed by atoms with E-state index in [0.29, 0.717) is 0 Å². The summed E-state index contributed by atoms with van der Waals surface area (Å²) < 4.78 is 21.5. The maximum atomic E-state index is 10.8. The van der Waals surface area contributed by atoms with Crippen molar-refractivity contribution in [1.82, 2.24) is 0 Å². The molecule has 4 nitrogen and oxygen atoms in total. The molecule has 0 amide bonds. The van der Waals surface area contributed by atoms with E-state index in [-0.39, 0.29) is 16.0 Å². The molecule has 74 valence electrons. The number of carboxylic acids is 1. The number of benzene rings is 1. The third-order valence-electron chi connectivity index (χ3n) is 1.68. The first-order valence-corrected chi connectivity index (χ1v) is 4.87. The predicted octanol–water partition coefficient (Wildman–Crippen LogP) is 0.755. The van der Waals surface area contributed by atoms with E-state index in [1.54, 1.807) is 6.07 Å². The van der Waals surface area contributed by atoms with E-state index < -0.39 is 16.7 Å². The summed E-state index contributed by atoms with van der Waals surface area (Å²) in [6.45, 7) is 3.30. The Morgan fingerprint density at radius 1 is 1.29 bits per heavy atom. The third kappa shape index (κ3) is 2.00. The Balaban J connectivity index is 3.34. The highest BCUT2D eigenvalue weighted by Gasteiger charge is 2.12. The minimum Gasteiger partial charge on any atom is -0.478 e. The molecule has 0 saturated carbocycles. The van der Waals surface area contributed by atoms with Gasteiger partial charge in [0.25, 0.3) is 0 Å². The second-order valence-corrected chi connectivity index (χ2v) is 3.55. The van der Waals surface area contributed by atoms with Crippen molar-refractivity contribution in [2.45, 2.75) is 4.90 Å². The molecule has 1 N–H and O–H groups in total. The molecule has 1 aromatic rings. The molecule has 1 aromatic carbocycles. The number of rotatable bonds is 3. The molecule has 0 aliphatic carbocycles. The fourth-order valence-corrected chi connectivity index (χ4v) is 1.62. The Kier molecular flexibility index (Phi) is 3.03. The van der Waals surface area contributed by atoms with E-state index in [0.717, 1.165) is 0 Å². The van der Waals surface area contributed by atoms with Gasteiger partial charge in [0.2, 0.25) is 0 Å². The molecule has 0 atom stereocenters. The van der Waals surface area contributed by atoms with Gasteiger partial charge in [0.05, 0.1) is 10.5 Å². The second kappa shape index (κ2) is 4.06. The van der Waals surface area contributed by atoms with E-state index in [9.17, 15) is 13.2 Å². The fourth-order valence-electron chi connectivity index (χ4n) is 1.00. The molecular weight excluding hydrogens is 204 g/mol. The Labute approximate surface area is 82.4 Å². The average molecular weight is 212 g/mol. The van der Waals surface area contributed by atoms with Gasteiger partial charge in [-0.05, 0) is 6.07 Å². The molecule has 0 aliphatic heterocycles. The molecule has 1 rings (SSSR count). The Morgan fingerprint density at radius 2 is 1.86 bits per heavy atom. The molecule has 0 radical (unpaired) electrons. The minimum atomic E-state index is -2.80. The Morgan fingerprint density at radius 3 is 2.36 bits per heavy atom. The summed E-state index contributed by atoms with van der Waals surface area (Å²) in [5.41, 5.74) is -0.0871. The van der Waals surface area contributed by atoms with Crippen LogP contribution in [0.4, 0.5) is 0 Å². The first-order valence-electron chi connectivity index (χ1n) is 3.70. The van der Waals surface area contributed by atoms with Crippen molar-refractivity contribution in [3.8, 4) is 0 Å². The normalized spacial score (nSPS) is 10.1.